The molecule has 190 valence electrons. The second-order valence-corrected chi connectivity index (χ2v) is 11.2. The van der Waals surface area contributed by atoms with Crippen molar-refractivity contribution in [2.75, 3.05) is 38.2 Å². The summed E-state index contributed by atoms with van der Waals surface area (Å²) in [7, 11) is -0.455. The van der Waals surface area contributed by atoms with Crippen molar-refractivity contribution < 1.29 is 22.6 Å². The van der Waals surface area contributed by atoms with Crippen molar-refractivity contribution in [2.24, 2.45) is 0 Å². The number of hydrogen-bond donors (Lipinski definition) is 0. The third kappa shape index (κ3) is 4.63. The highest BCUT2D eigenvalue weighted by Gasteiger charge is 2.37. The van der Waals surface area contributed by atoms with Gasteiger partial charge in [-0.1, -0.05) is 29.8 Å². The van der Waals surface area contributed by atoms with Gasteiger partial charge in [-0.3, -0.25) is 9.21 Å². The summed E-state index contributed by atoms with van der Waals surface area (Å²) in [5.74, 6) is 2.07. The van der Waals surface area contributed by atoms with Gasteiger partial charge < -0.3 is 14.2 Å². The van der Waals surface area contributed by atoms with Crippen LogP contribution in [0.25, 0.3) is 0 Å². The summed E-state index contributed by atoms with van der Waals surface area (Å²) in [5.41, 5.74) is 4.10. The number of methoxy groups -OCH3 is 2. The van der Waals surface area contributed by atoms with Gasteiger partial charge in [0, 0.05) is 19.6 Å². The van der Waals surface area contributed by atoms with Crippen LogP contribution in [0.15, 0.2) is 65.6 Å². The lowest BCUT2D eigenvalue weighted by molar-refractivity contribution is 0.216. The summed E-state index contributed by atoms with van der Waals surface area (Å²) in [4.78, 5) is 2.66. The number of fused-ring (bicyclic) bond motifs is 2. The van der Waals surface area contributed by atoms with E-state index in [0.29, 0.717) is 29.4 Å². The van der Waals surface area contributed by atoms with Crippen LogP contribution in [0.5, 0.6) is 17.2 Å². The Morgan fingerprint density at radius 1 is 0.972 bits per heavy atom. The molecule has 0 saturated carbocycles. The number of rotatable bonds is 7. The molecule has 2 aliphatic heterocycles. The molecule has 3 aromatic rings. The zero-order valence-electron chi connectivity index (χ0n) is 20.9. The normalized spacial score (nSPS) is 17.6. The number of anilines is 1. The number of aryl methyl sites for hydroxylation is 1. The smallest absolute Gasteiger partial charge is 0.264 e. The third-order valence-corrected chi connectivity index (χ3v) is 8.90. The SMILES string of the molecule is COc1cc2c(cc1OC)CN(CCC1COc3ccccc3N1S(=O)(=O)c1ccc(C)cc1)CC2. The quantitative estimate of drug-likeness (QED) is 0.471. The average molecular weight is 509 g/mol. The van der Waals surface area contributed by atoms with Crippen LogP contribution in [0.1, 0.15) is 23.1 Å². The molecule has 1 atom stereocenters. The molecule has 8 heteroatoms. The monoisotopic (exact) mass is 508 g/mol. The molecular weight excluding hydrogens is 476 g/mol. The van der Waals surface area contributed by atoms with E-state index in [0.717, 1.165) is 43.1 Å². The van der Waals surface area contributed by atoms with Crippen molar-refractivity contribution in [3.8, 4) is 17.2 Å². The molecule has 2 heterocycles. The number of nitrogens with zero attached hydrogens (tertiary/aromatic N) is 2. The van der Waals surface area contributed by atoms with Gasteiger partial charge in [-0.2, -0.15) is 0 Å². The first kappa shape index (κ1) is 24.5. The highest BCUT2D eigenvalue weighted by Crippen LogP contribution is 2.39. The first-order valence-electron chi connectivity index (χ1n) is 12.2. The Morgan fingerprint density at radius 2 is 1.67 bits per heavy atom. The minimum absolute atomic E-state index is 0.294. The summed E-state index contributed by atoms with van der Waals surface area (Å²) in [5, 5.41) is 0. The van der Waals surface area contributed by atoms with E-state index in [1.807, 2.05) is 43.3 Å². The molecule has 0 aromatic heterocycles. The molecular formula is C28H32N2O5S. The number of ether oxygens (including phenoxy) is 3. The molecule has 7 nitrogen and oxygen atoms in total. The van der Waals surface area contributed by atoms with Crippen LogP contribution >= 0.6 is 0 Å². The van der Waals surface area contributed by atoms with Gasteiger partial charge in [0.25, 0.3) is 10.0 Å². The van der Waals surface area contributed by atoms with Gasteiger partial charge in [-0.15, -0.1) is 0 Å². The second-order valence-electron chi connectivity index (χ2n) is 9.34. The minimum Gasteiger partial charge on any atom is -0.493 e. The molecule has 2 aliphatic rings. The first-order valence-corrected chi connectivity index (χ1v) is 13.6. The number of sulfonamides is 1. The molecule has 5 rings (SSSR count). The maximum atomic E-state index is 13.8. The lowest BCUT2D eigenvalue weighted by Crippen LogP contribution is -2.48. The highest BCUT2D eigenvalue weighted by atomic mass is 32.2. The molecule has 0 saturated heterocycles. The fourth-order valence-corrected chi connectivity index (χ4v) is 6.70. The van der Waals surface area contributed by atoms with E-state index in [1.165, 1.54) is 11.1 Å². The van der Waals surface area contributed by atoms with Gasteiger partial charge in [0.2, 0.25) is 0 Å². The van der Waals surface area contributed by atoms with E-state index in [1.54, 1.807) is 30.7 Å². The molecule has 0 N–H and O–H groups in total. The lowest BCUT2D eigenvalue weighted by atomic mass is 9.98. The maximum absolute atomic E-state index is 13.8. The van der Waals surface area contributed by atoms with Crippen LogP contribution < -0.4 is 18.5 Å². The standard InChI is InChI=1S/C28H32N2O5S/c1-20-8-10-24(11-9-20)36(31,32)30-23(19-35-26-7-5-4-6-25(26)30)13-15-29-14-12-21-16-27(33-2)28(34-3)17-22(21)18-29/h4-11,16-17,23H,12-15,18-19H2,1-3H3. The largest absolute Gasteiger partial charge is 0.493 e. The van der Waals surface area contributed by atoms with Crippen molar-refractivity contribution in [3.63, 3.8) is 0 Å². The predicted octanol–water partition coefficient (Wildman–Crippen LogP) is 4.42. The van der Waals surface area contributed by atoms with Gasteiger partial charge in [0.05, 0.1) is 30.8 Å². The molecule has 0 spiro atoms. The Labute approximate surface area is 213 Å². The van der Waals surface area contributed by atoms with E-state index < -0.39 is 10.0 Å². The highest BCUT2D eigenvalue weighted by molar-refractivity contribution is 7.92. The fourth-order valence-electron chi connectivity index (χ4n) is 5.03. The molecule has 0 radical (unpaired) electrons. The zero-order valence-corrected chi connectivity index (χ0v) is 21.8. The second kappa shape index (κ2) is 10.0. The van der Waals surface area contributed by atoms with Crippen LogP contribution in [0.4, 0.5) is 5.69 Å². The van der Waals surface area contributed by atoms with Crippen LogP contribution in [0, 0.1) is 6.92 Å². The Kier molecular flexibility index (Phi) is 6.81. The van der Waals surface area contributed by atoms with Crippen molar-refractivity contribution in [3.05, 3.63) is 77.4 Å². The minimum atomic E-state index is -3.76. The summed E-state index contributed by atoms with van der Waals surface area (Å²) in [6.07, 6.45) is 1.56. The van der Waals surface area contributed by atoms with Gasteiger partial charge >= 0.3 is 0 Å². The van der Waals surface area contributed by atoms with E-state index >= 15 is 0 Å². The third-order valence-electron chi connectivity index (χ3n) is 7.02. The van der Waals surface area contributed by atoms with Crippen LogP contribution in [-0.4, -0.2) is 53.3 Å². The topological polar surface area (TPSA) is 68.3 Å². The molecule has 0 fully saturated rings. The lowest BCUT2D eigenvalue weighted by Gasteiger charge is -2.39. The molecule has 3 aromatic carbocycles. The van der Waals surface area contributed by atoms with Gasteiger partial charge in [0.1, 0.15) is 12.4 Å². The molecule has 0 bridgehead atoms. The van der Waals surface area contributed by atoms with E-state index in [9.17, 15) is 8.42 Å². The number of hydrogen-bond acceptors (Lipinski definition) is 6. The Hall–Kier alpha value is -3.23. The first-order chi connectivity index (χ1) is 17.4. The van der Waals surface area contributed by atoms with Crippen LogP contribution in [0.3, 0.4) is 0 Å². The Balaban J connectivity index is 1.38. The van der Waals surface area contributed by atoms with Crippen molar-refractivity contribution in [1.82, 2.24) is 4.90 Å². The van der Waals surface area contributed by atoms with Gasteiger partial charge in [0.15, 0.2) is 11.5 Å². The number of benzene rings is 3. The summed E-state index contributed by atoms with van der Waals surface area (Å²) < 4.78 is 46.2. The molecule has 36 heavy (non-hydrogen) atoms. The Morgan fingerprint density at radius 3 is 2.39 bits per heavy atom. The average Bonchev–Trinajstić information content (AvgIpc) is 2.90. The summed E-state index contributed by atoms with van der Waals surface area (Å²) in [6.45, 7) is 4.70. The molecule has 1 unspecified atom stereocenters. The predicted molar refractivity (Wildman–Crippen MR) is 140 cm³/mol. The number of para-hydroxylation sites is 2. The van der Waals surface area contributed by atoms with Crippen molar-refractivity contribution in [1.29, 1.82) is 0 Å². The maximum Gasteiger partial charge on any atom is 0.264 e. The molecule has 0 aliphatic carbocycles. The van der Waals surface area contributed by atoms with E-state index in [4.69, 9.17) is 14.2 Å². The summed E-state index contributed by atoms with van der Waals surface area (Å²) in [6, 6.07) is 18.2. The zero-order chi connectivity index (χ0) is 25.3. The van der Waals surface area contributed by atoms with E-state index in [2.05, 4.69) is 17.0 Å². The Bertz CT molecular complexity index is 1340. The summed E-state index contributed by atoms with van der Waals surface area (Å²) >= 11 is 0. The van der Waals surface area contributed by atoms with Crippen molar-refractivity contribution >= 4 is 15.7 Å². The van der Waals surface area contributed by atoms with Gasteiger partial charge in [-0.05, 0) is 67.3 Å². The van der Waals surface area contributed by atoms with Crippen LogP contribution in [0.2, 0.25) is 0 Å². The molecule has 0 amide bonds. The van der Waals surface area contributed by atoms with Crippen LogP contribution in [-0.2, 0) is 23.0 Å². The van der Waals surface area contributed by atoms with Gasteiger partial charge in [-0.25, -0.2) is 8.42 Å². The van der Waals surface area contributed by atoms with E-state index in [-0.39, 0.29) is 6.04 Å². The fraction of sp³-hybridized carbons (Fsp3) is 0.357. The van der Waals surface area contributed by atoms with Crippen molar-refractivity contribution in [2.45, 2.75) is 37.2 Å².